The molecule has 0 bridgehead atoms. The molecule has 0 aromatic heterocycles. The Bertz CT molecular complexity index is 339. The largest absolute Gasteiger partial charge is 0.494 e. The van der Waals surface area contributed by atoms with E-state index in [1.54, 1.807) is 0 Å². The van der Waals surface area contributed by atoms with Crippen molar-refractivity contribution in [2.75, 3.05) is 6.61 Å². The predicted molar refractivity (Wildman–Crippen MR) is 71.7 cm³/mol. The van der Waals surface area contributed by atoms with Crippen LogP contribution in [0.5, 0.6) is 5.75 Å². The average molecular weight is 286 g/mol. The molecule has 1 aromatic carbocycles. The lowest BCUT2D eigenvalue weighted by molar-refractivity contribution is 0.340. The van der Waals surface area contributed by atoms with E-state index in [9.17, 15) is 0 Å². The summed E-state index contributed by atoms with van der Waals surface area (Å²) in [6.07, 6.45) is 0.993. The van der Waals surface area contributed by atoms with Gasteiger partial charge in [0.25, 0.3) is 0 Å². The van der Waals surface area contributed by atoms with Gasteiger partial charge in [0.2, 0.25) is 0 Å². The van der Waals surface area contributed by atoms with Gasteiger partial charge in [0.1, 0.15) is 5.75 Å². The molecule has 1 aromatic rings. The minimum Gasteiger partial charge on any atom is -0.494 e. The van der Waals surface area contributed by atoms with Crippen molar-refractivity contribution >= 4 is 15.9 Å². The van der Waals surface area contributed by atoms with E-state index < -0.39 is 0 Å². The smallest absolute Gasteiger partial charge is 0.120 e. The third-order valence-electron chi connectivity index (χ3n) is 2.41. The second kappa shape index (κ2) is 6.26. The molecule has 0 saturated carbocycles. The first-order valence-electron chi connectivity index (χ1n) is 5.72. The summed E-state index contributed by atoms with van der Waals surface area (Å²) in [5.41, 5.74) is 7.30. The van der Waals surface area contributed by atoms with Crippen LogP contribution in [-0.2, 0) is 0 Å². The van der Waals surface area contributed by atoms with Gasteiger partial charge in [0.15, 0.2) is 0 Å². The van der Waals surface area contributed by atoms with Crippen molar-refractivity contribution in [3.05, 3.63) is 28.2 Å². The Hall–Kier alpha value is -0.540. The van der Waals surface area contributed by atoms with Gasteiger partial charge in [-0.05, 0) is 37.0 Å². The molecule has 0 fully saturated rings. The van der Waals surface area contributed by atoms with E-state index in [4.69, 9.17) is 10.5 Å². The van der Waals surface area contributed by atoms with Gasteiger partial charge in [-0.15, -0.1) is 0 Å². The number of nitrogens with two attached hydrogens (primary N) is 1. The van der Waals surface area contributed by atoms with Crippen LogP contribution in [0, 0.1) is 5.92 Å². The molecule has 2 nitrogen and oxygen atoms in total. The van der Waals surface area contributed by atoms with E-state index in [1.807, 2.05) is 25.1 Å². The normalized spacial score (nSPS) is 12.9. The summed E-state index contributed by atoms with van der Waals surface area (Å²) in [5, 5.41) is 0. The van der Waals surface area contributed by atoms with Crippen LogP contribution in [0.2, 0.25) is 0 Å². The molecule has 1 atom stereocenters. The number of halogens is 1. The van der Waals surface area contributed by atoms with Crippen LogP contribution < -0.4 is 10.5 Å². The topological polar surface area (TPSA) is 35.2 Å². The van der Waals surface area contributed by atoms with E-state index in [-0.39, 0.29) is 6.04 Å². The summed E-state index contributed by atoms with van der Waals surface area (Å²) in [5.74, 6) is 1.49. The fourth-order valence-corrected chi connectivity index (χ4v) is 2.35. The number of rotatable bonds is 5. The maximum Gasteiger partial charge on any atom is 0.120 e. The highest BCUT2D eigenvalue weighted by Crippen LogP contribution is 2.29. The average Bonchev–Trinajstić information content (AvgIpc) is 2.16. The van der Waals surface area contributed by atoms with E-state index in [1.165, 1.54) is 0 Å². The summed E-state index contributed by atoms with van der Waals surface area (Å²) in [6, 6.07) is 6.09. The molecule has 0 aliphatic carbocycles. The molecule has 0 spiro atoms. The third-order valence-corrected chi connectivity index (χ3v) is 3.09. The van der Waals surface area contributed by atoms with Crippen LogP contribution in [0.1, 0.15) is 38.8 Å². The third kappa shape index (κ3) is 3.80. The first-order chi connectivity index (χ1) is 7.54. The molecule has 2 N–H and O–H groups in total. The highest BCUT2D eigenvalue weighted by molar-refractivity contribution is 9.10. The second-order valence-electron chi connectivity index (χ2n) is 4.35. The molecule has 3 heteroatoms. The van der Waals surface area contributed by atoms with Gasteiger partial charge in [-0.3, -0.25) is 0 Å². The van der Waals surface area contributed by atoms with Crippen LogP contribution in [0.4, 0.5) is 0 Å². The monoisotopic (exact) mass is 285 g/mol. The summed E-state index contributed by atoms with van der Waals surface area (Å²) in [4.78, 5) is 0. The fraction of sp³-hybridized carbons (Fsp3) is 0.538. The molecule has 0 heterocycles. The van der Waals surface area contributed by atoms with Crippen LogP contribution in [0.25, 0.3) is 0 Å². The molecule has 0 amide bonds. The lowest BCUT2D eigenvalue weighted by Gasteiger charge is -2.16. The molecule has 0 saturated heterocycles. The summed E-state index contributed by atoms with van der Waals surface area (Å²) in [7, 11) is 0. The van der Waals surface area contributed by atoms with Crippen molar-refractivity contribution in [1.82, 2.24) is 0 Å². The number of ether oxygens (including phenoxy) is 1. The van der Waals surface area contributed by atoms with Gasteiger partial charge in [-0.1, -0.05) is 35.8 Å². The van der Waals surface area contributed by atoms with Crippen LogP contribution in [-0.4, -0.2) is 6.61 Å². The van der Waals surface area contributed by atoms with Crippen molar-refractivity contribution < 1.29 is 4.74 Å². The molecular formula is C13H20BrNO. The molecule has 0 radical (unpaired) electrons. The highest BCUT2D eigenvalue weighted by Gasteiger charge is 2.12. The second-order valence-corrected chi connectivity index (χ2v) is 5.21. The minimum atomic E-state index is 0.0880. The van der Waals surface area contributed by atoms with Crippen molar-refractivity contribution in [3.63, 3.8) is 0 Å². The Morgan fingerprint density at radius 2 is 2.06 bits per heavy atom. The van der Waals surface area contributed by atoms with E-state index in [2.05, 4.69) is 29.8 Å². The zero-order valence-electron chi connectivity index (χ0n) is 10.2. The molecule has 0 aliphatic heterocycles. The van der Waals surface area contributed by atoms with Crippen molar-refractivity contribution in [2.45, 2.75) is 33.2 Å². The Kier molecular flexibility index (Phi) is 5.29. The molecule has 1 unspecified atom stereocenters. The first-order valence-corrected chi connectivity index (χ1v) is 6.51. The van der Waals surface area contributed by atoms with Crippen molar-refractivity contribution in [3.8, 4) is 5.75 Å². The van der Waals surface area contributed by atoms with Crippen LogP contribution in [0.3, 0.4) is 0 Å². The number of hydrogen-bond acceptors (Lipinski definition) is 2. The van der Waals surface area contributed by atoms with Crippen LogP contribution >= 0.6 is 15.9 Å². The minimum absolute atomic E-state index is 0.0880. The number of benzene rings is 1. The van der Waals surface area contributed by atoms with E-state index >= 15 is 0 Å². The lowest BCUT2D eigenvalue weighted by atomic mass is 9.98. The fourth-order valence-electron chi connectivity index (χ4n) is 1.70. The Balaban J connectivity index is 2.81. The van der Waals surface area contributed by atoms with Gasteiger partial charge >= 0.3 is 0 Å². The van der Waals surface area contributed by atoms with Crippen molar-refractivity contribution in [2.24, 2.45) is 11.7 Å². The van der Waals surface area contributed by atoms with Gasteiger partial charge in [0, 0.05) is 10.5 Å². The summed E-state index contributed by atoms with van der Waals surface area (Å²) >= 11 is 3.55. The molecular weight excluding hydrogens is 266 g/mol. The zero-order chi connectivity index (χ0) is 12.1. The predicted octanol–water partition coefficient (Wildman–Crippen LogP) is 3.89. The maximum atomic E-state index is 6.15. The van der Waals surface area contributed by atoms with E-state index in [0.29, 0.717) is 12.5 Å². The quantitative estimate of drug-likeness (QED) is 0.891. The summed E-state index contributed by atoms with van der Waals surface area (Å²) in [6.45, 7) is 7.03. The van der Waals surface area contributed by atoms with E-state index in [0.717, 1.165) is 22.2 Å². The maximum absolute atomic E-state index is 6.15. The van der Waals surface area contributed by atoms with Gasteiger partial charge in [-0.25, -0.2) is 0 Å². The highest BCUT2D eigenvalue weighted by atomic mass is 79.9. The Morgan fingerprint density at radius 1 is 1.38 bits per heavy atom. The first kappa shape index (κ1) is 13.5. The van der Waals surface area contributed by atoms with Crippen molar-refractivity contribution in [1.29, 1.82) is 0 Å². The molecule has 0 aliphatic rings. The van der Waals surface area contributed by atoms with Gasteiger partial charge in [0.05, 0.1) is 6.61 Å². The standard InChI is InChI=1S/C13H20BrNO/c1-4-16-10-5-6-11(12(14)8-10)13(15)7-9(2)3/h5-6,8-9,13H,4,7,15H2,1-3H3. The van der Waals surface area contributed by atoms with Crippen LogP contribution in [0.15, 0.2) is 22.7 Å². The molecule has 90 valence electrons. The SMILES string of the molecule is CCOc1ccc(C(N)CC(C)C)c(Br)c1. The lowest BCUT2D eigenvalue weighted by Crippen LogP contribution is -2.13. The number of hydrogen-bond donors (Lipinski definition) is 1. The Labute approximate surface area is 106 Å². The van der Waals surface area contributed by atoms with Gasteiger partial charge in [-0.2, -0.15) is 0 Å². The Morgan fingerprint density at radius 3 is 2.56 bits per heavy atom. The van der Waals surface area contributed by atoms with Gasteiger partial charge < -0.3 is 10.5 Å². The zero-order valence-corrected chi connectivity index (χ0v) is 11.8. The molecule has 16 heavy (non-hydrogen) atoms. The summed E-state index contributed by atoms with van der Waals surface area (Å²) < 4.78 is 6.47. The molecule has 1 rings (SSSR count).